The third kappa shape index (κ3) is 4.10. The first-order valence-electron chi connectivity index (χ1n) is 6.62. The van der Waals surface area contributed by atoms with Crippen LogP contribution in [0.25, 0.3) is 0 Å². The second-order valence-electron chi connectivity index (χ2n) is 4.78. The van der Waals surface area contributed by atoms with Crippen LogP contribution in [0.5, 0.6) is 0 Å². The fourth-order valence-electron chi connectivity index (χ4n) is 1.97. The van der Waals surface area contributed by atoms with E-state index in [1.165, 1.54) is 0 Å². The normalized spacial score (nSPS) is 10.1. The van der Waals surface area contributed by atoms with Gasteiger partial charge in [0.15, 0.2) is 0 Å². The largest absolute Gasteiger partial charge is 0.389 e. The third-order valence-corrected chi connectivity index (χ3v) is 3.46. The van der Waals surface area contributed by atoms with Crippen LogP contribution in [0.2, 0.25) is 0 Å². The van der Waals surface area contributed by atoms with Gasteiger partial charge < -0.3 is 10.6 Å². The first-order valence-corrected chi connectivity index (χ1v) is 7.03. The first-order chi connectivity index (χ1) is 10.1. The van der Waals surface area contributed by atoms with Gasteiger partial charge in [0.1, 0.15) is 4.99 Å². The lowest BCUT2D eigenvalue weighted by molar-refractivity contribution is 0.0796. The predicted molar refractivity (Wildman–Crippen MR) is 87.2 cm³/mol. The maximum Gasteiger partial charge on any atom is 0.253 e. The summed E-state index contributed by atoms with van der Waals surface area (Å²) < 4.78 is 0. The van der Waals surface area contributed by atoms with E-state index in [0.717, 1.165) is 12.0 Å². The highest BCUT2D eigenvalue weighted by molar-refractivity contribution is 7.80. The Hall–Kier alpha value is -2.27. The number of carbonyl (C=O) groups excluding carboxylic acids is 1. The van der Waals surface area contributed by atoms with Gasteiger partial charge >= 0.3 is 0 Å². The molecule has 1 aromatic heterocycles. The Balaban J connectivity index is 2.02. The number of nitrogens with two attached hydrogens (primary N) is 1. The number of nitrogens with zero attached hydrogens (tertiary/aromatic N) is 2. The topological polar surface area (TPSA) is 59.2 Å². The zero-order chi connectivity index (χ0) is 15.2. The molecule has 108 valence electrons. The molecular formula is C16H17N3OS. The Morgan fingerprint density at radius 2 is 1.90 bits per heavy atom. The molecule has 0 aliphatic carbocycles. The zero-order valence-electron chi connectivity index (χ0n) is 11.8. The molecule has 0 bridgehead atoms. The van der Waals surface area contributed by atoms with Crippen LogP contribution in [-0.4, -0.2) is 34.4 Å². The van der Waals surface area contributed by atoms with Crippen molar-refractivity contribution < 1.29 is 4.79 Å². The van der Waals surface area contributed by atoms with Gasteiger partial charge in [-0.05, 0) is 36.2 Å². The molecule has 1 aromatic carbocycles. The van der Waals surface area contributed by atoms with E-state index in [0.29, 0.717) is 22.7 Å². The van der Waals surface area contributed by atoms with E-state index in [2.05, 4.69) is 4.98 Å². The maximum atomic E-state index is 12.4. The number of carbonyl (C=O) groups is 1. The van der Waals surface area contributed by atoms with Crippen molar-refractivity contribution in [3.8, 4) is 0 Å². The van der Waals surface area contributed by atoms with E-state index in [-0.39, 0.29) is 5.91 Å². The highest BCUT2D eigenvalue weighted by atomic mass is 32.1. The number of hydrogen-bond acceptors (Lipinski definition) is 3. The summed E-state index contributed by atoms with van der Waals surface area (Å²) in [5, 5.41) is 0. The predicted octanol–water partition coefficient (Wildman–Crippen LogP) is 2.03. The zero-order valence-corrected chi connectivity index (χ0v) is 12.6. The van der Waals surface area contributed by atoms with Gasteiger partial charge in [-0.3, -0.25) is 9.78 Å². The van der Waals surface area contributed by atoms with Gasteiger partial charge in [0.25, 0.3) is 5.91 Å². The smallest absolute Gasteiger partial charge is 0.253 e. The summed E-state index contributed by atoms with van der Waals surface area (Å²) in [7, 11) is 1.79. The van der Waals surface area contributed by atoms with Crippen LogP contribution in [0.3, 0.4) is 0 Å². The number of thiocarbonyl (C=S) groups is 1. The van der Waals surface area contributed by atoms with Crippen LogP contribution in [-0.2, 0) is 6.42 Å². The highest BCUT2D eigenvalue weighted by Gasteiger charge is 2.12. The third-order valence-electron chi connectivity index (χ3n) is 3.23. The molecule has 0 aliphatic heterocycles. The number of benzene rings is 1. The summed E-state index contributed by atoms with van der Waals surface area (Å²) in [6.45, 7) is 0.639. The van der Waals surface area contributed by atoms with Crippen LogP contribution in [0.4, 0.5) is 0 Å². The van der Waals surface area contributed by atoms with E-state index in [1.807, 2.05) is 12.1 Å². The molecule has 5 heteroatoms. The Bertz CT molecular complexity index is 643. The standard InChI is InChI=1S/C16H17N3OS/c1-19(10-7-12-5-8-18-9-6-12)16(20)14-4-2-3-13(11-14)15(17)21/h2-6,8-9,11H,7,10H2,1H3,(H2,17,21). The summed E-state index contributed by atoms with van der Waals surface area (Å²) >= 11 is 4.94. The summed E-state index contributed by atoms with van der Waals surface area (Å²) in [5.74, 6) is -0.0397. The highest BCUT2D eigenvalue weighted by Crippen LogP contribution is 2.09. The lowest BCUT2D eigenvalue weighted by Crippen LogP contribution is -2.29. The lowest BCUT2D eigenvalue weighted by Gasteiger charge is -2.17. The Morgan fingerprint density at radius 3 is 2.57 bits per heavy atom. The minimum absolute atomic E-state index is 0.0397. The van der Waals surface area contributed by atoms with Gasteiger partial charge in [0, 0.05) is 37.1 Å². The van der Waals surface area contributed by atoms with Crippen LogP contribution >= 0.6 is 12.2 Å². The first kappa shape index (κ1) is 15.1. The molecule has 0 fully saturated rings. The molecule has 2 N–H and O–H groups in total. The van der Waals surface area contributed by atoms with Gasteiger partial charge in [-0.2, -0.15) is 0 Å². The molecule has 0 radical (unpaired) electrons. The Morgan fingerprint density at radius 1 is 1.24 bits per heavy atom. The average molecular weight is 299 g/mol. The van der Waals surface area contributed by atoms with E-state index in [4.69, 9.17) is 18.0 Å². The van der Waals surface area contributed by atoms with E-state index >= 15 is 0 Å². The van der Waals surface area contributed by atoms with Gasteiger partial charge in [-0.1, -0.05) is 24.4 Å². The van der Waals surface area contributed by atoms with Crippen molar-refractivity contribution in [3.63, 3.8) is 0 Å². The summed E-state index contributed by atoms with van der Waals surface area (Å²) in [4.78, 5) is 18.3. The number of aromatic nitrogens is 1. The lowest BCUT2D eigenvalue weighted by atomic mass is 10.1. The number of pyridine rings is 1. The molecule has 0 spiro atoms. The van der Waals surface area contributed by atoms with Crippen molar-refractivity contribution in [1.29, 1.82) is 0 Å². The van der Waals surface area contributed by atoms with Crippen LogP contribution < -0.4 is 5.73 Å². The fraction of sp³-hybridized carbons (Fsp3) is 0.188. The van der Waals surface area contributed by atoms with Crippen LogP contribution in [0.15, 0.2) is 48.8 Å². The Kier molecular flexibility index (Phi) is 5.00. The molecule has 1 amide bonds. The summed E-state index contributed by atoms with van der Waals surface area (Å²) in [5.41, 5.74) is 8.05. The summed E-state index contributed by atoms with van der Waals surface area (Å²) in [6.07, 6.45) is 4.30. The molecule has 0 saturated carbocycles. The van der Waals surface area contributed by atoms with E-state index < -0.39 is 0 Å². The van der Waals surface area contributed by atoms with E-state index in [9.17, 15) is 4.79 Å². The molecule has 4 nitrogen and oxygen atoms in total. The van der Waals surface area contributed by atoms with Gasteiger partial charge in [-0.15, -0.1) is 0 Å². The number of likely N-dealkylation sites (N-methyl/N-ethyl adjacent to an activating group) is 1. The minimum Gasteiger partial charge on any atom is -0.389 e. The molecule has 2 rings (SSSR count). The van der Waals surface area contributed by atoms with Gasteiger partial charge in [0.2, 0.25) is 0 Å². The fourth-order valence-corrected chi connectivity index (χ4v) is 2.10. The van der Waals surface area contributed by atoms with Crippen molar-refractivity contribution in [2.24, 2.45) is 5.73 Å². The maximum absolute atomic E-state index is 12.4. The molecule has 0 aliphatic rings. The average Bonchev–Trinajstić information content (AvgIpc) is 2.53. The quantitative estimate of drug-likeness (QED) is 0.858. The van der Waals surface area contributed by atoms with Crippen LogP contribution in [0.1, 0.15) is 21.5 Å². The van der Waals surface area contributed by atoms with E-state index in [1.54, 1.807) is 48.6 Å². The monoisotopic (exact) mass is 299 g/mol. The minimum atomic E-state index is -0.0397. The molecule has 0 unspecified atom stereocenters. The second kappa shape index (κ2) is 6.95. The van der Waals surface area contributed by atoms with Crippen molar-refractivity contribution in [3.05, 3.63) is 65.5 Å². The molecule has 0 atom stereocenters. The number of amides is 1. The van der Waals surface area contributed by atoms with Crippen molar-refractivity contribution in [2.75, 3.05) is 13.6 Å². The molecule has 21 heavy (non-hydrogen) atoms. The molecule has 0 saturated heterocycles. The summed E-state index contributed by atoms with van der Waals surface area (Å²) in [6, 6.07) is 11.0. The number of hydrogen-bond donors (Lipinski definition) is 1. The Labute approximate surface area is 129 Å². The molecule has 2 aromatic rings. The SMILES string of the molecule is CN(CCc1ccncc1)C(=O)c1cccc(C(N)=S)c1. The number of rotatable bonds is 5. The van der Waals surface area contributed by atoms with Gasteiger partial charge in [-0.25, -0.2) is 0 Å². The van der Waals surface area contributed by atoms with Gasteiger partial charge in [0.05, 0.1) is 0 Å². The molecule has 1 heterocycles. The van der Waals surface area contributed by atoms with Crippen molar-refractivity contribution in [1.82, 2.24) is 9.88 Å². The molecular weight excluding hydrogens is 282 g/mol. The van der Waals surface area contributed by atoms with Crippen molar-refractivity contribution in [2.45, 2.75) is 6.42 Å². The van der Waals surface area contributed by atoms with Crippen molar-refractivity contribution >= 4 is 23.1 Å². The second-order valence-corrected chi connectivity index (χ2v) is 5.22. The van der Waals surface area contributed by atoms with Crippen LogP contribution in [0, 0.1) is 0 Å².